The fourth-order valence-electron chi connectivity index (χ4n) is 2.41. The minimum Gasteiger partial charge on any atom is -0.461 e. The molecule has 0 unspecified atom stereocenters. The van der Waals surface area contributed by atoms with Gasteiger partial charge in [-0.3, -0.25) is 0 Å². The second-order valence-electron chi connectivity index (χ2n) is 4.77. The van der Waals surface area contributed by atoms with Crippen LogP contribution in [0.5, 0.6) is 0 Å². The average Bonchev–Trinajstić information content (AvgIpc) is 2.94. The van der Waals surface area contributed by atoms with Gasteiger partial charge < -0.3 is 9.72 Å². The van der Waals surface area contributed by atoms with Crippen molar-refractivity contribution in [1.82, 2.24) is 4.98 Å². The van der Waals surface area contributed by atoms with E-state index in [1.807, 2.05) is 30.3 Å². The highest BCUT2D eigenvalue weighted by molar-refractivity contribution is 6.43. The summed E-state index contributed by atoms with van der Waals surface area (Å²) >= 11 is 12.4. The van der Waals surface area contributed by atoms with E-state index in [4.69, 9.17) is 27.9 Å². The predicted molar refractivity (Wildman–Crippen MR) is 89.7 cm³/mol. The molecule has 0 fully saturated rings. The smallest absolute Gasteiger partial charge is 0.354 e. The molecule has 0 radical (unpaired) electrons. The van der Waals surface area contributed by atoms with E-state index in [1.165, 1.54) is 0 Å². The molecule has 2 aromatic carbocycles. The number of hydrogen-bond donors (Lipinski definition) is 1. The van der Waals surface area contributed by atoms with Crippen LogP contribution < -0.4 is 0 Å². The highest BCUT2D eigenvalue weighted by Gasteiger charge is 2.15. The van der Waals surface area contributed by atoms with Crippen LogP contribution in [-0.2, 0) is 4.74 Å². The Morgan fingerprint density at radius 2 is 1.86 bits per heavy atom. The zero-order valence-electron chi connectivity index (χ0n) is 11.8. The highest BCUT2D eigenvalue weighted by Crippen LogP contribution is 2.36. The van der Waals surface area contributed by atoms with Gasteiger partial charge in [-0.1, -0.05) is 53.5 Å². The Morgan fingerprint density at radius 1 is 1.14 bits per heavy atom. The van der Waals surface area contributed by atoms with E-state index in [-0.39, 0.29) is 5.97 Å². The molecule has 112 valence electrons. The summed E-state index contributed by atoms with van der Waals surface area (Å²) in [5, 5.41) is 1.90. The molecule has 0 spiro atoms. The van der Waals surface area contributed by atoms with Gasteiger partial charge in [0.15, 0.2) is 0 Å². The van der Waals surface area contributed by atoms with Crippen LogP contribution in [0.15, 0.2) is 42.5 Å². The van der Waals surface area contributed by atoms with E-state index in [0.717, 1.165) is 22.0 Å². The number of aromatic amines is 1. The van der Waals surface area contributed by atoms with Crippen molar-refractivity contribution in [2.45, 2.75) is 6.92 Å². The van der Waals surface area contributed by atoms with E-state index in [1.54, 1.807) is 19.1 Å². The maximum atomic E-state index is 11.9. The molecule has 0 saturated carbocycles. The summed E-state index contributed by atoms with van der Waals surface area (Å²) in [4.78, 5) is 15.0. The second-order valence-corrected chi connectivity index (χ2v) is 5.56. The van der Waals surface area contributed by atoms with Gasteiger partial charge >= 0.3 is 5.97 Å². The number of fused-ring (bicyclic) bond motifs is 1. The third-order valence-corrected chi connectivity index (χ3v) is 4.21. The van der Waals surface area contributed by atoms with Gasteiger partial charge in [0.25, 0.3) is 0 Å². The van der Waals surface area contributed by atoms with Crippen molar-refractivity contribution in [3.05, 3.63) is 58.2 Å². The van der Waals surface area contributed by atoms with Gasteiger partial charge in [0.1, 0.15) is 5.69 Å². The number of H-pyrrole nitrogens is 1. The summed E-state index contributed by atoms with van der Waals surface area (Å²) in [5.74, 6) is -0.373. The Hall–Kier alpha value is -1.97. The van der Waals surface area contributed by atoms with Gasteiger partial charge in [0, 0.05) is 16.5 Å². The highest BCUT2D eigenvalue weighted by atomic mass is 35.5. The first kappa shape index (κ1) is 14.9. The lowest BCUT2D eigenvalue weighted by Gasteiger charge is -2.07. The molecule has 5 heteroatoms. The molecule has 3 nitrogen and oxygen atoms in total. The molecule has 3 rings (SSSR count). The molecule has 0 saturated heterocycles. The van der Waals surface area contributed by atoms with Crippen LogP contribution in [0.4, 0.5) is 0 Å². The van der Waals surface area contributed by atoms with E-state index in [9.17, 15) is 4.79 Å². The Kier molecular flexibility index (Phi) is 4.10. The Labute approximate surface area is 137 Å². The molecular weight excluding hydrogens is 321 g/mol. The van der Waals surface area contributed by atoms with Gasteiger partial charge in [-0.25, -0.2) is 4.79 Å². The number of ether oxygens (including phenoxy) is 1. The summed E-state index contributed by atoms with van der Waals surface area (Å²) in [5.41, 5.74) is 2.95. The number of rotatable bonds is 3. The summed E-state index contributed by atoms with van der Waals surface area (Å²) in [6.07, 6.45) is 0. The molecule has 1 aromatic heterocycles. The van der Waals surface area contributed by atoms with Crippen molar-refractivity contribution < 1.29 is 9.53 Å². The quantitative estimate of drug-likeness (QED) is 0.659. The number of nitrogens with one attached hydrogen (secondary N) is 1. The number of para-hydroxylation sites is 1. The third kappa shape index (κ3) is 2.58. The lowest BCUT2D eigenvalue weighted by Crippen LogP contribution is -2.04. The van der Waals surface area contributed by atoms with Crippen molar-refractivity contribution in [3.63, 3.8) is 0 Å². The summed E-state index contributed by atoms with van der Waals surface area (Å²) in [6, 6.07) is 13.0. The first-order chi connectivity index (χ1) is 10.6. The summed E-state index contributed by atoms with van der Waals surface area (Å²) < 4.78 is 5.03. The second kappa shape index (κ2) is 6.03. The van der Waals surface area contributed by atoms with Crippen LogP contribution in [0.25, 0.3) is 22.0 Å². The van der Waals surface area contributed by atoms with Crippen LogP contribution >= 0.6 is 23.2 Å². The van der Waals surface area contributed by atoms with Gasteiger partial charge in [-0.05, 0) is 19.1 Å². The van der Waals surface area contributed by atoms with Gasteiger partial charge in [0.05, 0.1) is 22.2 Å². The number of carbonyl (C=O) groups is 1. The Bertz CT molecular complexity index is 855. The van der Waals surface area contributed by atoms with Gasteiger partial charge in [-0.2, -0.15) is 0 Å². The summed E-state index contributed by atoms with van der Waals surface area (Å²) in [6.45, 7) is 2.11. The minimum absolute atomic E-state index is 0.335. The molecule has 22 heavy (non-hydrogen) atoms. The molecule has 0 amide bonds. The van der Waals surface area contributed by atoms with Crippen LogP contribution in [0, 0.1) is 0 Å². The molecule has 0 aliphatic rings. The number of esters is 1. The first-order valence-corrected chi connectivity index (χ1v) is 7.60. The SMILES string of the molecule is CCOC(=O)c1cc2cccc(-c3cccc(Cl)c3Cl)c2[nH]1. The van der Waals surface area contributed by atoms with Crippen molar-refractivity contribution in [2.75, 3.05) is 6.61 Å². The topological polar surface area (TPSA) is 42.1 Å². The molecule has 3 aromatic rings. The minimum atomic E-state index is -0.373. The van der Waals surface area contributed by atoms with Crippen molar-refractivity contribution >= 4 is 40.1 Å². The number of halogens is 2. The maximum absolute atomic E-state index is 11.9. The lowest BCUT2D eigenvalue weighted by atomic mass is 10.0. The molecule has 0 aliphatic carbocycles. The normalized spacial score (nSPS) is 10.9. The largest absolute Gasteiger partial charge is 0.461 e. The fourth-order valence-corrected chi connectivity index (χ4v) is 2.81. The van der Waals surface area contributed by atoms with E-state index >= 15 is 0 Å². The van der Waals surface area contributed by atoms with Gasteiger partial charge in [-0.15, -0.1) is 0 Å². The molecule has 0 bridgehead atoms. The Balaban J connectivity index is 2.18. The molecule has 1 N–H and O–H groups in total. The Morgan fingerprint density at radius 3 is 2.64 bits per heavy atom. The molecule has 1 heterocycles. The monoisotopic (exact) mass is 333 g/mol. The van der Waals surface area contributed by atoms with E-state index in [2.05, 4.69) is 4.98 Å². The van der Waals surface area contributed by atoms with Crippen LogP contribution in [0.1, 0.15) is 17.4 Å². The zero-order valence-corrected chi connectivity index (χ0v) is 13.3. The van der Waals surface area contributed by atoms with Crippen LogP contribution in [0.3, 0.4) is 0 Å². The summed E-state index contributed by atoms with van der Waals surface area (Å²) in [7, 11) is 0. The average molecular weight is 334 g/mol. The van der Waals surface area contributed by atoms with E-state index in [0.29, 0.717) is 22.3 Å². The number of aromatic nitrogens is 1. The molecule has 0 aliphatic heterocycles. The number of benzene rings is 2. The number of hydrogen-bond acceptors (Lipinski definition) is 2. The van der Waals surface area contributed by atoms with Crippen LogP contribution in [0.2, 0.25) is 10.0 Å². The third-order valence-electron chi connectivity index (χ3n) is 3.39. The molecular formula is C17H13Cl2NO2. The maximum Gasteiger partial charge on any atom is 0.354 e. The lowest BCUT2D eigenvalue weighted by molar-refractivity contribution is 0.0520. The van der Waals surface area contributed by atoms with Crippen LogP contribution in [-0.4, -0.2) is 17.6 Å². The zero-order chi connectivity index (χ0) is 15.7. The first-order valence-electron chi connectivity index (χ1n) is 6.85. The predicted octanol–water partition coefficient (Wildman–Crippen LogP) is 5.32. The van der Waals surface area contributed by atoms with Crippen molar-refractivity contribution in [2.24, 2.45) is 0 Å². The van der Waals surface area contributed by atoms with Gasteiger partial charge in [0.2, 0.25) is 0 Å². The van der Waals surface area contributed by atoms with Crippen molar-refractivity contribution in [3.8, 4) is 11.1 Å². The van der Waals surface area contributed by atoms with E-state index < -0.39 is 0 Å². The number of carbonyl (C=O) groups excluding carboxylic acids is 1. The molecule has 0 atom stereocenters. The fraction of sp³-hybridized carbons (Fsp3) is 0.118. The standard InChI is InChI=1S/C17H13Cl2NO2/c1-2-22-17(21)14-9-10-5-3-7-12(16(10)20-14)11-6-4-8-13(18)15(11)19/h3-9,20H,2H2,1H3. The van der Waals surface area contributed by atoms with Crippen molar-refractivity contribution in [1.29, 1.82) is 0 Å².